The molecule has 2 aromatic rings. The van der Waals surface area contributed by atoms with Crippen LogP contribution in [-0.2, 0) is 6.54 Å². The summed E-state index contributed by atoms with van der Waals surface area (Å²) in [6, 6.07) is 10.7. The van der Waals surface area contributed by atoms with Gasteiger partial charge in [0.2, 0.25) is 0 Å². The van der Waals surface area contributed by atoms with Crippen LogP contribution in [-0.4, -0.2) is 23.5 Å². The Balaban J connectivity index is 2.19. The molecule has 4 heteroatoms. The summed E-state index contributed by atoms with van der Waals surface area (Å²) in [5.41, 5.74) is 2.18. The predicted molar refractivity (Wildman–Crippen MR) is 89.4 cm³/mol. The van der Waals surface area contributed by atoms with E-state index in [4.69, 9.17) is 0 Å². The van der Waals surface area contributed by atoms with Crippen LogP contribution in [0.3, 0.4) is 0 Å². The van der Waals surface area contributed by atoms with Crippen molar-refractivity contribution in [2.24, 2.45) is 4.99 Å². The zero-order chi connectivity index (χ0) is 15.1. The Morgan fingerprint density at radius 3 is 2.81 bits per heavy atom. The molecule has 0 fully saturated rings. The van der Waals surface area contributed by atoms with Crippen LogP contribution in [0.4, 0.5) is 0 Å². The molecule has 0 saturated heterocycles. The highest BCUT2D eigenvalue weighted by atomic mass is 15.2. The number of nitrogens with one attached hydrogen (secondary N) is 2. The Kier molecular flexibility index (Phi) is 5.55. The van der Waals surface area contributed by atoms with E-state index in [1.54, 1.807) is 0 Å². The maximum absolute atomic E-state index is 4.68. The molecule has 0 spiro atoms. The van der Waals surface area contributed by atoms with Gasteiger partial charge in [-0.05, 0) is 31.9 Å². The summed E-state index contributed by atoms with van der Waals surface area (Å²) in [5.74, 6) is 0.861. The van der Waals surface area contributed by atoms with Gasteiger partial charge in [-0.3, -0.25) is 4.98 Å². The summed E-state index contributed by atoms with van der Waals surface area (Å²) in [6.45, 7) is 7.88. The van der Waals surface area contributed by atoms with Crippen LogP contribution in [0.1, 0.15) is 32.8 Å². The van der Waals surface area contributed by atoms with Crippen LogP contribution in [0.2, 0.25) is 0 Å². The number of pyridine rings is 1. The van der Waals surface area contributed by atoms with Gasteiger partial charge in [0.05, 0.1) is 12.1 Å². The fourth-order valence-electron chi connectivity index (χ4n) is 2.11. The van der Waals surface area contributed by atoms with Gasteiger partial charge in [0, 0.05) is 24.2 Å². The molecular weight excluding hydrogens is 260 g/mol. The first-order valence-electron chi connectivity index (χ1n) is 7.62. The van der Waals surface area contributed by atoms with E-state index in [0.29, 0.717) is 12.6 Å². The number of aromatic nitrogens is 1. The zero-order valence-electron chi connectivity index (χ0n) is 13.1. The highest BCUT2D eigenvalue weighted by Gasteiger charge is 2.04. The quantitative estimate of drug-likeness (QED) is 0.655. The maximum Gasteiger partial charge on any atom is 0.191 e. The van der Waals surface area contributed by atoms with Gasteiger partial charge >= 0.3 is 0 Å². The third-order valence-electron chi connectivity index (χ3n) is 3.46. The molecule has 0 aliphatic heterocycles. The topological polar surface area (TPSA) is 49.3 Å². The highest BCUT2D eigenvalue weighted by molar-refractivity contribution is 5.83. The van der Waals surface area contributed by atoms with Crippen LogP contribution in [0.15, 0.2) is 41.5 Å². The Hall–Kier alpha value is -2.10. The number of hydrogen-bond acceptors (Lipinski definition) is 2. The minimum atomic E-state index is 0.411. The van der Waals surface area contributed by atoms with Crippen molar-refractivity contribution in [3.63, 3.8) is 0 Å². The maximum atomic E-state index is 4.68. The Morgan fingerprint density at radius 2 is 2.05 bits per heavy atom. The molecule has 1 unspecified atom stereocenters. The van der Waals surface area contributed by atoms with Crippen molar-refractivity contribution in [3.05, 3.63) is 42.1 Å². The zero-order valence-corrected chi connectivity index (χ0v) is 13.1. The minimum absolute atomic E-state index is 0.411. The van der Waals surface area contributed by atoms with Crippen LogP contribution in [0.25, 0.3) is 10.9 Å². The van der Waals surface area contributed by atoms with E-state index in [9.17, 15) is 0 Å². The van der Waals surface area contributed by atoms with Crippen molar-refractivity contribution in [2.75, 3.05) is 6.54 Å². The van der Waals surface area contributed by atoms with E-state index in [-0.39, 0.29) is 0 Å². The molecule has 1 atom stereocenters. The Bertz CT molecular complexity index is 601. The lowest BCUT2D eigenvalue weighted by atomic mass is 10.1. The molecule has 0 amide bonds. The lowest BCUT2D eigenvalue weighted by Crippen LogP contribution is -2.41. The average molecular weight is 284 g/mol. The second-order valence-corrected chi connectivity index (χ2v) is 5.14. The molecule has 1 aromatic carbocycles. The number of aliphatic imine (C=N–C) groups is 1. The number of guanidine groups is 1. The molecule has 4 nitrogen and oxygen atoms in total. The molecule has 112 valence electrons. The molecule has 0 bridgehead atoms. The normalized spacial score (nSPS) is 13.2. The summed E-state index contributed by atoms with van der Waals surface area (Å²) in [7, 11) is 0. The molecule has 0 aliphatic rings. The van der Waals surface area contributed by atoms with Gasteiger partial charge in [0.1, 0.15) is 0 Å². The fraction of sp³-hybridized carbons (Fsp3) is 0.412. The average Bonchev–Trinajstić information content (AvgIpc) is 2.52. The van der Waals surface area contributed by atoms with E-state index < -0.39 is 0 Å². The molecule has 0 aliphatic carbocycles. The van der Waals surface area contributed by atoms with E-state index in [1.165, 1.54) is 0 Å². The van der Waals surface area contributed by atoms with Gasteiger partial charge in [-0.15, -0.1) is 0 Å². The van der Waals surface area contributed by atoms with Crippen molar-refractivity contribution in [1.29, 1.82) is 0 Å². The monoisotopic (exact) mass is 284 g/mol. The number of rotatable bonds is 5. The predicted octanol–water partition coefficient (Wildman–Crippen LogP) is 3.09. The summed E-state index contributed by atoms with van der Waals surface area (Å²) >= 11 is 0. The molecule has 1 aromatic heterocycles. The van der Waals surface area contributed by atoms with Gasteiger partial charge < -0.3 is 10.6 Å². The second kappa shape index (κ2) is 7.62. The summed E-state index contributed by atoms with van der Waals surface area (Å²) in [4.78, 5) is 9.15. The minimum Gasteiger partial charge on any atom is -0.357 e. The first-order chi connectivity index (χ1) is 10.2. The highest BCUT2D eigenvalue weighted by Crippen LogP contribution is 2.16. The number of benzene rings is 1. The number of para-hydroxylation sites is 1. The lowest BCUT2D eigenvalue weighted by Gasteiger charge is -2.16. The van der Waals surface area contributed by atoms with Crippen LogP contribution < -0.4 is 10.6 Å². The molecule has 21 heavy (non-hydrogen) atoms. The molecular formula is C17H24N4. The number of fused-ring (bicyclic) bond motifs is 1. The van der Waals surface area contributed by atoms with Gasteiger partial charge in [-0.25, -0.2) is 4.99 Å². The van der Waals surface area contributed by atoms with Crippen molar-refractivity contribution in [1.82, 2.24) is 15.6 Å². The van der Waals surface area contributed by atoms with Crippen molar-refractivity contribution < 1.29 is 0 Å². The van der Waals surface area contributed by atoms with Gasteiger partial charge in [0.25, 0.3) is 0 Å². The standard InChI is InChI=1S/C17H24N4/c1-4-13(3)21-17(18-5-2)20-12-15-9-6-8-14-10-7-11-19-16(14)15/h6-11,13H,4-5,12H2,1-3H3,(H2,18,20,21). The van der Waals surface area contributed by atoms with Gasteiger partial charge in [-0.1, -0.05) is 31.2 Å². The third-order valence-corrected chi connectivity index (χ3v) is 3.46. The van der Waals surface area contributed by atoms with Gasteiger partial charge in [0.15, 0.2) is 5.96 Å². The SMILES string of the molecule is CCNC(=NCc1cccc2cccnc12)NC(C)CC. The first-order valence-corrected chi connectivity index (χ1v) is 7.62. The molecule has 0 radical (unpaired) electrons. The molecule has 0 saturated carbocycles. The van der Waals surface area contributed by atoms with Crippen LogP contribution >= 0.6 is 0 Å². The molecule has 2 N–H and O–H groups in total. The molecule has 2 rings (SSSR count). The summed E-state index contributed by atoms with van der Waals surface area (Å²) in [5, 5.41) is 7.85. The third kappa shape index (κ3) is 4.18. The van der Waals surface area contributed by atoms with E-state index in [0.717, 1.165) is 35.4 Å². The lowest BCUT2D eigenvalue weighted by molar-refractivity contribution is 0.624. The first kappa shape index (κ1) is 15.3. The summed E-state index contributed by atoms with van der Waals surface area (Å²) < 4.78 is 0. The summed E-state index contributed by atoms with van der Waals surface area (Å²) in [6.07, 6.45) is 2.90. The van der Waals surface area contributed by atoms with Crippen LogP contribution in [0.5, 0.6) is 0 Å². The van der Waals surface area contributed by atoms with E-state index in [2.05, 4.69) is 65.6 Å². The van der Waals surface area contributed by atoms with Crippen molar-refractivity contribution in [2.45, 2.75) is 39.8 Å². The Morgan fingerprint density at radius 1 is 1.24 bits per heavy atom. The van der Waals surface area contributed by atoms with Crippen molar-refractivity contribution in [3.8, 4) is 0 Å². The largest absolute Gasteiger partial charge is 0.357 e. The van der Waals surface area contributed by atoms with Crippen molar-refractivity contribution >= 4 is 16.9 Å². The smallest absolute Gasteiger partial charge is 0.191 e. The van der Waals surface area contributed by atoms with E-state index >= 15 is 0 Å². The second-order valence-electron chi connectivity index (χ2n) is 5.14. The Labute approximate surface area is 126 Å². The number of hydrogen-bond donors (Lipinski definition) is 2. The number of nitrogens with zero attached hydrogens (tertiary/aromatic N) is 2. The van der Waals surface area contributed by atoms with E-state index in [1.807, 2.05) is 12.3 Å². The van der Waals surface area contributed by atoms with Gasteiger partial charge in [-0.2, -0.15) is 0 Å². The molecule has 1 heterocycles. The van der Waals surface area contributed by atoms with Crippen LogP contribution in [0, 0.1) is 0 Å². The fourth-order valence-corrected chi connectivity index (χ4v) is 2.11.